The van der Waals surface area contributed by atoms with E-state index in [4.69, 9.17) is 5.73 Å². The van der Waals surface area contributed by atoms with E-state index >= 15 is 0 Å². The first kappa shape index (κ1) is 18.8. The molecule has 1 saturated carbocycles. The fourth-order valence-corrected chi connectivity index (χ4v) is 4.15. The SMILES string of the molecule is Cc1ccc(NC(=O)C2CCCN(C(=O)C3CCCCC3(C)N)C2)nc1. The molecular weight excluding hydrogens is 328 g/mol. The predicted octanol–water partition coefficient (Wildman–Crippen LogP) is 2.47. The number of pyridine rings is 1. The van der Waals surface area contributed by atoms with Crippen molar-refractivity contribution in [3.05, 3.63) is 23.9 Å². The first-order valence-electron chi connectivity index (χ1n) is 9.68. The van der Waals surface area contributed by atoms with Crippen LogP contribution in [0.5, 0.6) is 0 Å². The quantitative estimate of drug-likeness (QED) is 0.869. The number of rotatable bonds is 3. The number of hydrogen-bond acceptors (Lipinski definition) is 4. The van der Waals surface area contributed by atoms with Crippen molar-refractivity contribution in [1.82, 2.24) is 9.88 Å². The molecule has 0 aromatic carbocycles. The molecule has 0 radical (unpaired) electrons. The number of nitrogens with zero attached hydrogens (tertiary/aromatic N) is 2. The Morgan fingerprint density at radius 1 is 1.27 bits per heavy atom. The Balaban J connectivity index is 1.62. The average Bonchev–Trinajstić information content (AvgIpc) is 2.63. The summed E-state index contributed by atoms with van der Waals surface area (Å²) in [6.45, 7) is 5.15. The molecule has 1 aliphatic carbocycles. The van der Waals surface area contributed by atoms with E-state index in [0.29, 0.717) is 12.4 Å². The van der Waals surface area contributed by atoms with Crippen LogP contribution in [0.4, 0.5) is 5.82 Å². The van der Waals surface area contributed by atoms with E-state index in [-0.39, 0.29) is 23.7 Å². The summed E-state index contributed by atoms with van der Waals surface area (Å²) in [5.41, 5.74) is 7.02. The number of piperidine rings is 1. The zero-order valence-electron chi connectivity index (χ0n) is 15.8. The maximum absolute atomic E-state index is 13.0. The summed E-state index contributed by atoms with van der Waals surface area (Å²) >= 11 is 0. The van der Waals surface area contributed by atoms with E-state index < -0.39 is 5.54 Å². The summed E-state index contributed by atoms with van der Waals surface area (Å²) in [5, 5.41) is 2.88. The van der Waals surface area contributed by atoms with E-state index in [9.17, 15) is 9.59 Å². The maximum Gasteiger partial charge on any atom is 0.230 e. The van der Waals surface area contributed by atoms with Crippen LogP contribution in [-0.2, 0) is 9.59 Å². The van der Waals surface area contributed by atoms with Crippen molar-refractivity contribution in [3.8, 4) is 0 Å². The van der Waals surface area contributed by atoms with Crippen LogP contribution in [0.25, 0.3) is 0 Å². The molecule has 6 heteroatoms. The Labute approximate surface area is 155 Å². The van der Waals surface area contributed by atoms with Crippen LogP contribution in [-0.4, -0.2) is 40.3 Å². The molecule has 2 aliphatic rings. The average molecular weight is 358 g/mol. The number of aromatic nitrogens is 1. The second kappa shape index (κ2) is 7.74. The molecule has 3 rings (SSSR count). The smallest absolute Gasteiger partial charge is 0.230 e. The number of nitrogens with one attached hydrogen (secondary N) is 1. The highest BCUT2D eigenvalue weighted by Crippen LogP contribution is 2.34. The molecule has 26 heavy (non-hydrogen) atoms. The molecule has 3 N–H and O–H groups in total. The number of amides is 2. The summed E-state index contributed by atoms with van der Waals surface area (Å²) < 4.78 is 0. The topological polar surface area (TPSA) is 88.3 Å². The lowest BCUT2D eigenvalue weighted by Gasteiger charge is -2.42. The van der Waals surface area contributed by atoms with Gasteiger partial charge in [0.05, 0.1) is 11.8 Å². The van der Waals surface area contributed by atoms with Gasteiger partial charge < -0.3 is 16.0 Å². The monoisotopic (exact) mass is 358 g/mol. The van der Waals surface area contributed by atoms with Crippen LogP contribution < -0.4 is 11.1 Å². The second-order valence-electron chi connectivity index (χ2n) is 8.14. The van der Waals surface area contributed by atoms with Gasteiger partial charge in [-0.3, -0.25) is 9.59 Å². The molecule has 1 aromatic rings. The number of carbonyl (C=O) groups is 2. The van der Waals surface area contributed by atoms with E-state index in [0.717, 1.165) is 50.6 Å². The van der Waals surface area contributed by atoms with Gasteiger partial charge in [0.15, 0.2) is 0 Å². The molecule has 142 valence electrons. The fourth-order valence-electron chi connectivity index (χ4n) is 4.15. The Hall–Kier alpha value is -1.95. The number of hydrogen-bond donors (Lipinski definition) is 2. The van der Waals surface area contributed by atoms with E-state index in [1.165, 1.54) is 0 Å². The molecule has 6 nitrogen and oxygen atoms in total. The minimum atomic E-state index is -0.434. The molecule has 3 atom stereocenters. The summed E-state index contributed by atoms with van der Waals surface area (Å²) in [6, 6.07) is 3.73. The van der Waals surface area contributed by atoms with Crippen molar-refractivity contribution in [1.29, 1.82) is 0 Å². The van der Waals surface area contributed by atoms with Crippen molar-refractivity contribution < 1.29 is 9.59 Å². The Bertz CT molecular complexity index is 656. The number of aryl methyl sites for hydroxylation is 1. The van der Waals surface area contributed by atoms with Gasteiger partial charge in [0.25, 0.3) is 0 Å². The molecular formula is C20H30N4O2. The number of nitrogens with two attached hydrogens (primary N) is 1. The minimum absolute atomic E-state index is 0.0574. The van der Waals surface area contributed by atoms with Gasteiger partial charge in [0.2, 0.25) is 11.8 Å². The van der Waals surface area contributed by atoms with Gasteiger partial charge in [-0.25, -0.2) is 4.98 Å². The van der Waals surface area contributed by atoms with Gasteiger partial charge in [-0.2, -0.15) is 0 Å². The van der Waals surface area contributed by atoms with Gasteiger partial charge >= 0.3 is 0 Å². The number of carbonyl (C=O) groups excluding carboxylic acids is 2. The fraction of sp³-hybridized carbons (Fsp3) is 0.650. The van der Waals surface area contributed by atoms with Crippen molar-refractivity contribution in [3.63, 3.8) is 0 Å². The van der Waals surface area contributed by atoms with Crippen LogP contribution in [0.1, 0.15) is 51.0 Å². The third-order valence-electron chi connectivity index (χ3n) is 5.82. The van der Waals surface area contributed by atoms with Gasteiger partial charge in [0, 0.05) is 24.8 Å². The Kier molecular flexibility index (Phi) is 5.61. The molecule has 1 aliphatic heterocycles. The molecule has 3 unspecified atom stereocenters. The largest absolute Gasteiger partial charge is 0.342 e. The molecule has 0 bridgehead atoms. The lowest BCUT2D eigenvalue weighted by molar-refractivity contribution is -0.141. The molecule has 2 fully saturated rings. The Morgan fingerprint density at radius 3 is 2.77 bits per heavy atom. The first-order chi connectivity index (χ1) is 12.4. The summed E-state index contributed by atoms with van der Waals surface area (Å²) in [7, 11) is 0. The molecule has 2 heterocycles. The van der Waals surface area contributed by atoms with Crippen molar-refractivity contribution in [2.75, 3.05) is 18.4 Å². The normalized spacial score (nSPS) is 29.3. The van der Waals surface area contributed by atoms with E-state index in [2.05, 4.69) is 10.3 Å². The highest BCUT2D eigenvalue weighted by atomic mass is 16.2. The highest BCUT2D eigenvalue weighted by molar-refractivity contribution is 5.92. The van der Waals surface area contributed by atoms with Gasteiger partial charge in [-0.1, -0.05) is 18.9 Å². The molecule has 0 spiro atoms. The van der Waals surface area contributed by atoms with Crippen molar-refractivity contribution >= 4 is 17.6 Å². The van der Waals surface area contributed by atoms with Crippen LogP contribution in [0.3, 0.4) is 0 Å². The molecule has 2 amide bonds. The van der Waals surface area contributed by atoms with Crippen LogP contribution in [0, 0.1) is 18.8 Å². The zero-order valence-corrected chi connectivity index (χ0v) is 15.8. The Morgan fingerprint density at radius 2 is 2.08 bits per heavy atom. The minimum Gasteiger partial charge on any atom is -0.342 e. The molecule has 1 aromatic heterocycles. The summed E-state index contributed by atoms with van der Waals surface area (Å²) in [5.74, 6) is 0.310. The number of likely N-dealkylation sites (tertiary alicyclic amines) is 1. The lowest BCUT2D eigenvalue weighted by atomic mass is 9.73. The lowest BCUT2D eigenvalue weighted by Crippen LogP contribution is -2.55. The third kappa shape index (κ3) is 4.23. The van der Waals surface area contributed by atoms with Crippen LogP contribution >= 0.6 is 0 Å². The maximum atomic E-state index is 13.0. The third-order valence-corrected chi connectivity index (χ3v) is 5.82. The zero-order chi connectivity index (χ0) is 18.7. The molecule has 1 saturated heterocycles. The summed E-state index contributed by atoms with van der Waals surface area (Å²) in [6.07, 6.45) is 7.26. The standard InChI is InChI=1S/C20H30N4O2/c1-14-8-9-17(22-12-14)23-18(25)15-6-5-11-24(13-15)19(26)16-7-3-4-10-20(16,2)21/h8-9,12,15-16H,3-7,10-11,13,21H2,1-2H3,(H,22,23,25). The second-order valence-corrected chi connectivity index (χ2v) is 8.14. The van der Waals surface area contributed by atoms with E-state index in [1.807, 2.05) is 24.8 Å². The first-order valence-corrected chi connectivity index (χ1v) is 9.68. The van der Waals surface area contributed by atoms with Gasteiger partial charge in [0.1, 0.15) is 5.82 Å². The van der Waals surface area contributed by atoms with Crippen molar-refractivity contribution in [2.45, 2.75) is 57.9 Å². The summed E-state index contributed by atoms with van der Waals surface area (Å²) in [4.78, 5) is 31.7. The van der Waals surface area contributed by atoms with Crippen LogP contribution in [0.15, 0.2) is 18.3 Å². The van der Waals surface area contributed by atoms with Crippen molar-refractivity contribution in [2.24, 2.45) is 17.6 Å². The van der Waals surface area contributed by atoms with Crippen LogP contribution in [0.2, 0.25) is 0 Å². The van der Waals surface area contributed by atoms with Gasteiger partial charge in [-0.05, 0) is 51.2 Å². The van der Waals surface area contributed by atoms with Gasteiger partial charge in [-0.15, -0.1) is 0 Å². The van der Waals surface area contributed by atoms with E-state index in [1.54, 1.807) is 12.3 Å². The number of anilines is 1. The predicted molar refractivity (Wildman–Crippen MR) is 101 cm³/mol. The highest BCUT2D eigenvalue weighted by Gasteiger charge is 2.41.